The van der Waals surface area contributed by atoms with Crippen LogP contribution in [0.1, 0.15) is 12.5 Å². The van der Waals surface area contributed by atoms with Gasteiger partial charge in [0.25, 0.3) is 5.91 Å². The first-order chi connectivity index (χ1) is 10.4. The van der Waals surface area contributed by atoms with Crippen molar-refractivity contribution in [2.45, 2.75) is 12.5 Å². The zero-order valence-electron chi connectivity index (χ0n) is 12.6. The number of urea groups is 1. The molecule has 1 atom stereocenters. The molecule has 1 aromatic rings. The maximum atomic E-state index is 12.4. The fourth-order valence-corrected chi connectivity index (χ4v) is 2.97. The molecule has 120 valence electrons. The highest BCUT2D eigenvalue weighted by Gasteiger charge is 2.47. The SMILES string of the molecule is CN1C(=O)NC(C)(c2cccc(N(CCCl)CCCl)c2)C1=O. The fourth-order valence-electron chi connectivity index (χ4n) is 2.56. The number of likely N-dealkylation sites (N-methyl/N-ethyl adjacent to an activating group) is 1. The van der Waals surface area contributed by atoms with Crippen LogP contribution in [0.5, 0.6) is 0 Å². The second-order valence-electron chi connectivity index (χ2n) is 5.33. The Bertz CT molecular complexity index is 576. The Morgan fingerprint density at radius 3 is 2.36 bits per heavy atom. The number of hydrogen-bond acceptors (Lipinski definition) is 3. The molecule has 0 spiro atoms. The van der Waals surface area contributed by atoms with E-state index >= 15 is 0 Å². The van der Waals surface area contributed by atoms with E-state index in [0.717, 1.165) is 16.2 Å². The van der Waals surface area contributed by atoms with E-state index in [2.05, 4.69) is 10.2 Å². The van der Waals surface area contributed by atoms with Crippen LogP contribution in [-0.4, -0.2) is 48.7 Å². The minimum atomic E-state index is -1.05. The first-order valence-corrected chi connectivity index (χ1v) is 8.08. The zero-order chi connectivity index (χ0) is 16.3. The molecule has 1 aromatic carbocycles. The second-order valence-corrected chi connectivity index (χ2v) is 6.09. The van der Waals surface area contributed by atoms with Crippen molar-refractivity contribution in [3.05, 3.63) is 29.8 Å². The third kappa shape index (κ3) is 3.01. The summed E-state index contributed by atoms with van der Waals surface area (Å²) in [5.41, 5.74) is 0.619. The van der Waals surface area contributed by atoms with Gasteiger partial charge in [0.15, 0.2) is 0 Å². The van der Waals surface area contributed by atoms with E-state index < -0.39 is 11.6 Å². The third-order valence-corrected chi connectivity index (χ3v) is 4.23. The number of carbonyl (C=O) groups is 2. The van der Waals surface area contributed by atoms with Gasteiger partial charge < -0.3 is 10.2 Å². The Kier molecular flexibility index (Phi) is 5.19. The van der Waals surface area contributed by atoms with Gasteiger partial charge in [0.2, 0.25) is 0 Å². The average Bonchev–Trinajstić information content (AvgIpc) is 2.72. The summed E-state index contributed by atoms with van der Waals surface area (Å²) in [5.74, 6) is 0.698. The molecule has 0 bridgehead atoms. The molecule has 1 fully saturated rings. The number of alkyl halides is 2. The van der Waals surface area contributed by atoms with Gasteiger partial charge in [-0.3, -0.25) is 9.69 Å². The molecule has 0 radical (unpaired) electrons. The first-order valence-electron chi connectivity index (χ1n) is 7.01. The number of halogens is 2. The average molecular weight is 344 g/mol. The van der Waals surface area contributed by atoms with Gasteiger partial charge >= 0.3 is 6.03 Å². The Balaban J connectivity index is 2.35. The van der Waals surface area contributed by atoms with Crippen LogP contribution >= 0.6 is 23.2 Å². The van der Waals surface area contributed by atoms with E-state index in [1.165, 1.54) is 7.05 Å². The molecule has 2 rings (SSSR count). The maximum Gasteiger partial charge on any atom is 0.325 e. The van der Waals surface area contributed by atoms with Crippen LogP contribution in [0.4, 0.5) is 10.5 Å². The lowest BCUT2D eigenvalue weighted by Crippen LogP contribution is -2.40. The molecule has 0 aliphatic carbocycles. The van der Waals surface area contributed by atoms with Crippen molar-refractivity contribution >= 4 is 40.8 Å². The van der Waals surface area contributed by atoms with Crippen LogP contribution in [0.2, 0.25) is 0 Å². The van der Waals surface area contributed by atoms with Crippen LogP contribution < -0.4 is 10.2 Å². The van der Waals surface area contributed by atoms with Crippen LogP contribution in [0.3, 0.4) is 0 Å². The largest absolute Gasteiger partial charge is 0.369 e. The van der Waals surface area contributed by atoms with Crippen LogP contribution in [0.15, 0.2) is 24.3 Å². The fraction of sp³-hybridized carbons (Fsp3) is 0.467. The van der Waals surface area contributed by atoms with Gasteiger partial charge in [0.05, 0.1) is 0 Å². The van der Waals surface area contributed by atoms with Gasteiger partial charge in [-0.05, 0) is 24.6 Å². The molecule has 0 aromatic heterocycles. The highest BCUT2D eigenvalue weighted by molar-refractivity contribution is 6.18. The lowest BCUT2D eigenvalue weighted by Gasteiger charge is -2.27. The molecular formula is C15H19Cl2N3O2. The summed E-state index contributed by atoms with van der Waals surface area (Å²) in [5, 5.41) is 2.74. The molecule has 1 N–H and O–H groups in total. The van der Waals surface area contributed by atoms with E-state index in [9.17, 15) is 9.59 Å². The lowest BCUT2D eigenvalue weighted by atomic mass is 9.91. The molecule has 1 aliphatic rings. The Morgan fingerprint density at radius 2 is 1.86 bits per heavy atom. The molecular weight excluding hydrogens is 325 g/mol. The van der Waals surface area contributed by atoms with Crippen molar-refractivity contribution in [3.63, 3.8) is 0 Å². The third-order valence-electron chi connectivity index (χ3n) is 3.89. The summed E-state index contributed by atoms with van der Waals surface area (Å²) in [6.45, 7) is 3.03. The van der Waals surface area contributed by atoms with Gasteiger partial charge in [0, 0.05) is 37.6 Å². The van der Waals surface area contributed by atoms with Gasteiger partial charge in [0.1, 0.15) is 5.54 Å². The molecule has 1 heterocycles. The Morgan fingerprint density at radius 1 is 1.23 bits per heavy atom. The van der Waals surface area contributed by atoms with Crippen molar-refractivity contribution in [1.29, 1.82) is 0 Å². The van der Waals surface area contributed by atoms with E-state index in [0.29, 0.717) is 24.8 Å². The zero-order valence-corrected chi connectivity index (χ0v) is 14.1. The molecule has 1 unspecified atom stereocenters. The minimum absolute atomic E-state index is 0.268. The van der Waals surface area contributed by atoms with Crippen LogP contribution in [0.25, 0.3) is 0 Å². The van der Waals surface area contributed by atoms with Crippen molar-refractivity contribution in [2.75, 3.05) is 36.8 Å². The highest BCUT2D eigenvalue weighted by atomic mass is 35.5. The molecule has 1 aliphatic heterocycles. The molecule has 3 amide bonds. The number of amides is 3. The molecule has 5 nitrogen and oxygen atoms in total. The molecule has 22 heavy (non-hydrogen) atoms. The Hall–Kier alpha value is -1.46. The molecule has 7 heteroatoms. The van der Waals surface area contributed by atoms with Crippen LogP contribution in [-0.2, 0) is 10.3 Å². The van der Waals surface area contributed by atoms with Gasteiger partial charge in [-0.15, -0.1) is 23.2 Å². The van der Waals surface area contributed by atoms with Crippen molar-refractivity contribution in [2.24, 2.45) is 0 Å². The summed E-state index contributed by atoms with van der Waals surface area (Å²) in [6.07, 6.45) is 0. The summed E-state index contributed by atoms with van der Waals surface area (Å²) in [6, 6.07) is 7.15. The summed E-state index contributed by atoms with van der Waals surface area (Å²) in [7, 11) is 1.47. The van der Waals surface area contributed by atoms with Crippen molar-refractivity contribution in [3.8, 4) is 0 Å². The summed E-state index contributed by atoms with van der Waals surface area (Å²) < 4.78 is 0. The lowest BCUT2D eigenvalue weighted by molar-refractivity contribution is -0.130. The smallest absolute Gasteiger partial charge is 0.325 e. The number of anilines is 1. The van der Waals surface area contributed by atoms with Crippen molar-refractivity contribution < 1.29 is 9.59 Å². The van der Waals surface area contributed by atoms with Gasteiger partial charge in [-0.2, -0.15) is 0 Å². The number of hydrogen-bond donors (Lipinski definition) is 1. The van der Waals surface area contributed by atoms with E-state index in [4.69, 9.17) is 23.2 Å². The number of nitrogens with one attached hydrogen (secondary N) is 1. The maximum absolute atomic E-state index is 12.4. The number of benzene rings is 1. The first kappa shape index (κ1) is 16.9. The van der Waals surface area contributed by atoms with E-state index in [-0.39, 0.29) is 5.91 Å². The molecule has 1 saturated heterocycles. The Labute approximate surface area is 140 Å². The van der Waals surface area contributed by atoms with Gasteiger partial charge in [-0.25, -0.2) is 4.79 Å². The van der Waals surface area contributed by atoms with Crippen molar-refractivity contribution in [1.82, 2.24) is 10.2 Å². The molecule has 0 saturated carbocycles. The minimum Gasteiger partial charge on any atom is -0.369 e. The highest BCUT2D eigenvalue weighted by Crippen LogP contribution is 2.30. The van der Waals surface area contributed by atoms with E-state index in [1.54, 1.807) is 6.92 Å². The summed E-state index contributed by atoms with van der Waals surface area (Å²) >= 11 is 11.7. The topological polar surface area (TPSA) is 52.7 Å². The standard InChI is InChI=1S/C15H19Cl2N3O2/c1-15(13(21)19(2)14(22)18-15)11-4-3-5-12(10-11)20(8-6-16)9-7-17/h3-5,10H,6-9H2,1-2H3,(H,18,22). The van der Waals surface area contributed by atoms with E-state index in [1.807, 2.05) is 24.3 Å². The van der Waals surface area contributed by atoms with Gasteiger partial charge in [-0.1, -0.05) is 12.1 Å². The number of nitrogens with zero attached hydrogens (tertiary/aromatic N) is 2. The predicted octanol–water partition coefficient (Wildman–Crippen LogP) is 2.37. The normalized spacial score (nSPS) is 21.2. The predicted molar refractivity (Wildman–Crippen MR) is 88.7 cm³/mol. The summed E-state index contributed by atoms with van der Waals surface area (Å²) in [4.78, 5) is 27.3. The number of rotatable bonds is 6. The number of imide groups is 1. The number of carbonyl (C=O) groups excluding carboxylic acids is 2. The monoisotopic (exact) mass is 343 g/mol. The van der Waals surface area contributed by atoms with Crippen LogP contribution in [0, 0.1) is 0 Å². The quantitative estimate of drug-likeness (QED) is 0.637. The second kappa shape index (κ2) is 6.75.